The number of guanidine groups is 1. The molecule has 1 fully saturated rings. The van der Waals surface area contributed by atoms with Gasteiger partial charge in [0.1, 0.15) is 11.6 Å². The third-order valence-corrected chi connectivity index (χ3v) is 5.18. The van der Waals surface area contributed by atoms with Crippen molar-refractivity contribution in [2.75, 3.05) is 7.05 Å². The highest BCUT2D eigenvalue weighted by molar-refractivity contribution is 5.79. The number of aromatic nitrogens is 3. The van der Waals surface area contributed by atoms with Crippen LogP contribution in [0.3, 0.4) is 0 Å². The van der Waals surface area contributed by atoms with Crippen molar-refractivity contribution >= 4 is 5.96 Å². The minimum atomic E-state index is 0.331. The van der Waals surface area contributed by atoms with Gasteiger partial charge in [-0.25, -0.2) is 4.98 Å². The molecule has 0 spiro atoms. The van der Waals surface area contributed by atoms with Crippen molar-refractivity contribution in [3.8, 4) is 17.3 Å². The molecular weight excluding hydrogens is 380 g/mol. The highest BCUT2D eigenvalue weighted by atomic mass is 16.5. The second-order valence-corrected chi connectivity index (χ2v) is 7.50. The molecule has 1 saturated carbocycles. The summed E-state index contributed by atoms with van der Waals surface area (Å²) >= 11 is 0. The lowest BCUT2D eigenvalue weighted by Gasteiger charge is -2.18. The molecule has 2 aromatic heterocycles. The summed E-state index contributed by atoms with van der Waals surface area (Å²) < 4.78 is 11.6. The molecule has 0 atom stereocenters. The largest absolute Gasteiger partial charge is 0.490 e. The van der Waals surface area contributed by atoms with E-state index >= 15 is 0 Å². The number of aryl methyl sites for hydroxylation is 1. The number of H-pyrrole nitrogens is 1. The van der Waals surface area contributed by atoms with Crippen molar-refractivity contribution in [2.24, 2.45) is 4.99 Å². The quantitative estimate of drug-likeness (QED) is 0.408. The normalized spacial score (nSPS) is 14.8. The number of aliphatic imine (C=N–C) groups is 1. The highest BCUT2D eigenvalue weighted by Crippen LogP contribution is 2.27. The number of ether oxygens (including phenoxy) is 1. The molecule has 1 aliphatic rings. The number of nitrogens with one attached hydrogen (secondary N) is 3. The Labute approximate surface area is 176 Å². The Hall–Kier alpha value is -3.29. The van der Waals surface area contributed by atoms with E-state index < -0.39 is 0 Å². The summed E-state index contributed by atoms with van der Waals surface area (Å²) in [5.74, 6) is 3.51. The molecule has 0 radical (unpaired) electrons. The van der Waals surface area contributed by atoms with Crippen molar-refractivity contribution in [1.82, 2.24) is 25.8 Å². The molecule has 4 rings (SSSR count). The van der Waals surface area contributed by atoms with Crippen LogP contribution in [-0.4, -0.2) is 34.3 Å². The maximum absolute atomic E-state index is 6.29. The SMILES string of the molecule is CN=C(NCc1nc(-c2ccco2)n[nH]1)NCc1ccc(C)cc1OC1CCCC1. The van der Waals surface area contributed by atoms with Crippen molar-refractivity contribution in [3.63, 3.8) is 0 Å². The first-order valence-electron chi connectivity index (χ1n) is 10.4. The summed E-state index contributed by atoms with van der Waals surface area (Å²) in [5.41, 5.74) is 2.32. The molecule has 30 heavy (non-hydrogen) atoms. The van der Waals surface area contributed by atoms with Crippen LogP contribution in [0.2, 0.25) is 0 Å². The molecule has 0 amide bonds. The van der Waals surface area contributed by atoms with Crippen LogP contribution < -0.4 is 15.4 Å². The van der Waals surface area contributed by atoms with Gasteiger partial charge >= 0.3 is 0 Å². The maximum Gasteiger partial charge on any atom is 0.216 e. The van der Waals surface area contributed by atoms with Crippen LogP contribution in [0.25, 0.3) is 11.6 Å². The molecule has 0 unspecified atom stereocenters. The standard InChI is InChI=1S/C22H28N6O2/c1-15-9-10-16(19(12-15)30-17-6-3-4-7-17)13-24-22(23-2)25-14-20-26-21(28-27-20)18-8-5-11-29-18/h5,8-12,17H,3-4,6-7,13-14H2,1-2H3,(H2,23,24,25)(H,26,27,28). The Morgan fingerprint density at radius 1 is 1.23 bits per heavy atom. The predicted octanol–water partition coefficient (Wildman–Crippen LogP) is 3.56. The van der Waals surface area contributed by atoms with E-state index in [1.165, 1.54) is 18.4 Å². The van der Waals surface area contributed by atoms with Crippen LogP contribution in [-0.2, 0) is 13.1 Å². The summed E-state index contributed by atoms with van der Waals surface area (Å²) in [6, 6.07) is 9.99. The molecule has 0 bridgehead atoms. The summed E-state index contributed by atoms with van der Waals surface area (Å²) in [4.78, 5) is 8.73. The molecular formula is C22H28N6O2. The van der Waals surface area contributed by atoms with E-state index in [1.54, 1.807) is 13.3 Å². The minimum absolute atomic E-state index is 0.331. The lowest BCUT2D eigenvalue weighted by atomic mass is 10.1. The van der Waals surface area contributed by atoms with Gasteiger partial charge in [-0.05, 0) is 56.4 Å². The smallest absolute Gasteiger partial charge is 0.216 e. The Balaban J connectivity index is 1.33. The van der Waals surface area contributed by atoms with Gasteiger partial charge in [0, 0.05) is 19.2 Å². The number of benzene rings is 1. The second kappa shape index (κ2) is 9.47. The number of furan rings is 1. The van der Waals surface area contributed by atoms with Crippen LogP contribution in [0.4, 0.5) is 0 Å². The van der Waals surface area contributed by atoms with E-state index in [9.17, 15) is 0 Å². The monoisotopic (exact) mass is 408 g/mol. The molecule has 0 aliphatic heterocycles. The van der Waals surface area contributed by atoms with Gasteiger partial charge in [-0.2, -0.15) is 0 Å². The summed E-state index contributed by atoms with van der Waals surface area (Å²) in [6.45, 7) is 3.18. The van der Waals surface area contributed by atoms with Crippen LogP contribution >= 0.6 is 0 Å². The molecule has 8 heteroatoms. The number of nitrogens with zero attached hydrogens (tertiary/aromatic N) is 3. The van der Waals surface area contributed by atoms with Crippen LogP contribution in [0.1, 0.15) is 42.6 Å². The lowest BCUT2D eigenvalue weighted by Crippen LogP contribution is -2.36. The van der Waals surface area contributed by atoms with Gasteiger partial charge in [0.2, 0.25) is 5.82 Å². The van der Waals surface area contributed by atoms with E-state index in [4.69, 9.17) is 9.15 Å². The van der Waals surface area contributed by atoms with E-state index in [0.29, 0.717) is 42.6 Å². The number of hydrogen-bond acceptors (Lipinski definition) is 5. The van der Waals surface area contributed by atoms with Gasteiger partial charge in [0.05, 0.1) is 18.9 Å². The molecule has 2 heterocycles. The first-order valence-corrected chi connectivity index (χ1v) is 10.4. The van der Waals surface area contributed by atoms with Gasteiger partial charge in [0.25, 0.3) is 0 Å². The van der Waals surface area contributed by atoms with Crippen LogP contribution in [0.5, 0.6) is 5.75 Å². The van der Waals surface area contributed by atoms with Gasteiger partial charge < -0.3 is 19.8 Å². The van der Waals surface area contributed by atoms with E-state index in [0.717, 1.165) is 24.2 Å². The average molecular weight is 409 g/mol. The Kier molecular flexibility index (Phi) is 6.32. The fraction of sp³-hybridized carbons (Fsp3) is 0.409. The Morgan fingerprint density at radius 2 is 2.07 bits per heavy atom. The van der Waals surface area contributed by atoms with Gasteiger partial charge in [0.15, 0.2) is 11.7 Å². The molecule has 1 aromatic carbocycles. The minimum Gasteiger partial charge on any atom is -0.490 e. The summed E-state index contributed by atoms with van der Waals surface area (Å²) in [5, 5.41) is 13.7. The summed E-state index contributed by atoms with van der Waals surface area (Å²) in [7, 11) is 1.75. The Morgan fingerprint density at radius 3 is 2.83 bits per heavy atom. The molecule has 8 nitrogen and oxygen atoms in total. The van der Waals surface area contributed by atoms with Gasteiger partial charge in [-0.3, -0.25) is 10.1 Å². The maximum atomic E-state index is 6.29. The zero-order chi connectivity index (χ0) is 20.8. The second-order valence-electron chi connectivity index (χ2n) is 7.50. The van der Waals surface area contributed by atoms with Crippen molar-refractivity contribution < 1.29 is 9.15 Å². The van der Waals surface area contributed by atoms with E-state index in [-0.39, 0.29) is 0 Å². The van der Waals surface area contributed by atoms with E-state index in [2.05, 4.69) is 55.9 Å². The summed E-state index contributed by atoms with van der Waals surface area (Å²) in [6.07, 6.45) is 6.72. The number of rotatable bonds is 7. The zero-order valence-electron chi connectivity index (χ0n) is 17.4. The topological polar surface area (TPSA) is 100 Å². The fourth-order valence-corrected chi connectivity index (χ4v) is 3.56. The van der Waals surface area contributed by atoms with E-state index in [1.807, 2.05) is 12.1 Å². The number of aromatic amines is 1. The molecule has 3 aromatic rings. The third-order valence-electron chi connectivity index (χ3n) is 5.18. The zero-order valence-corrected chi connectivity index (χ0v) is 17.4. The predicted molar refractivity (Wildman–Crippen MR) is 115 cm³/mol. The van der Waals surface area contributed by atoms with Crippen LogP contribution in [0, 0.1) is 6.92 Å². The van der Waals surface area contributed by atoms with Gasteiger partial charge in [-0.1, -0.05) is 12.1 Å². The number of hydrogen-bond donors (Lipinski definition) is 3. The van der Waals surface area contributed by atoms with Crippen LogP contribution in [0.15, 0.2) is 46.0 Å². The van der Waals surface area contributed by atoms with Crippen molar-refractivity contribution in [1.29, 1.82) is 0 Å². The average Bonchev–Trinajstić information content (AvgIpc) is 3.52. The van der Waals surface area contributed by atoms with Crippen molar-refractivity contribution in [2.45, 2.75) is 51.8 Å². The molecule has 3 N–H and O–H groups in total. The molecule has 1 aliphatic carbocycles. The first kappa shape index (κ1) is 20.0. The van der Waals surface area contributed by atoms with Crippen molar-refractivity contribution in [3.05, 3.63) is 53.5 Å². The Bertz CT molecular complexity index is 973. The first-order chi connectivity index (χ1) is 14.7. The van der Waals surface area contributed by atoms with Gasteiger partial charge in [-0.15, -0.1) is 5.10 Å². The fourth-order valence-electron chi connectivity index (χ4n) is 3.56. The molecule has 0 saturated heterocycles. The third kappa shape index (κ3) is 5.00. The highest BCUT2D eigenvalue weighted by Gasteiger charge is 2.18. The lowest BCUT2D eigenvalue weighted by molar-refractivity contribution is 0.207. The molecule has 158 valence electrons.